The van der Waals surface area contributed by atoms with Crippen molar-refractivity contribution in [1.29, 1.82) is 0 Å². The second kappa shape index (κ2) is 5.20. The summed E-state index contributed by atoms with van der Waals surface area (Å²) in [6.45, 7) is 3.01. The third-order valence-electron chi connectivity index (χ3n) is 3.21. The molecule has 1 N–H and O–H groups in total. The molecule has 0 saturated carbocycles. The van der Waals surface area contributed by atoms with Crippen molar-refractivity contribution in [3.63, 3.8) is 0 Å². The molecule has 1 aliphatic heterocycles. The first-order chi connectivity index (χ1) is 8.53. The summed E-state index contributed by atoms with van der Waals surface area (Å²) in [7, 11) is -1.96. The maximum absolute atomic E-state index is 11.7. The van der Waals surface area contributed by atoms with Crippen molar-refractivity contribution in [1.82, 2.24) is 4.72 Å². The van der Waals surface area contributed by atoms with Gasteiger partial charge in [-0.1, -0.05) is 19.1 Å². The van der Waals surface area contributed by atoms with E-state index in [0.717, 1.165) is 30.7 Å². The van der Waals surface area contributed by atoms with Gasteiger partial charge < -0.3 is 0 Å². The number of rotatable bonds is 3. The Bertz CT molecular complexity index is 564. The molecule has 2 rings (SSSR count). The molecule has 4 nitrogen and oxygen atoms in total. The van der Waals surface area contributed by atoms with Crippen molar-refractivity contribution in [2.45, 2.75) is 24.7 Å². The topological polar surface area (TPSA) is 58.5 Å². The van der Waals surface area contributed by atoms with Crippen LogP contribution in [0.1, 0.15) is 25.3 Å². The number of nitrogens with zero attached hydrogens (tertiary/aromatic N) is 1. The molecule has 1 aromatic rings. The quantitative estimate of drug-likeness (QED) is 0.907. The van der Waals surface area contributed by atoms with E-state index < -0.39 is 10.0 Å². The highest BCUT2D eigenvalue weighted by molar-refractivity contribution is 7.89. The predicted molar refractivity (Wildman–Crippen MR) is 72.5 cm³/mol. The van der Waals surface area contributed by atoms with Crippen LogP contribution in [0.25, 0.3) is 0 Å². The summed E-state index contributed by atoms with van der Waals surface area (Å²) >= 11 is 0. The molecule has 5 heteroatoms. The van der Waals surface area contributed by atoms with Crippen LogP contribution in [0.4, 0.5) is 0 Å². The van der Waals surface area contributed by atoms with E-state index in [-0.39, 0.29) is 0 Å². The first-order valence-electron chi connectivity index (χ1n) is 6.10. The monoisotopic (exact) mass is 266 g/mol. The standard InChI is InChI=1S/C13H18N2O2S/c1-10-6-7-13(15-9-10)11-4-3-5-12(8-11)18(16,17)14-2/h3-5,8,10,14H,6-7,9H2,1-2H3. The molecular weight excluding hydrogens is 248 g/mol. The van der Waals surface area contributed by atoms with Crippen LogP contribution in [0.15, 0.2) is 34.2 Å². The Hall–Kier alpha value is -1.20. The molecule has 0 bridgehead atoms. The summed E-state index contributed by atoms with van der Waals surface area (Å²) in [4.78, 5) is 4.83. The lowest BCUT2D eigenvalue weighted by atomic mass is 9.96. The van der Waals surface area contributed by atoms with Crippen molar-refractivity contribution in [3.8, 4) is 0 Å². The molecule has 1 aliphatic rings. The highest BCUT2D eigenvalue weighted by Gasteiger charge is 2.16. The summed E-state index contributed by atoms with van der Waals surface area (Å²) in [5.74, 6) is 0.623. The molecule has 0 fully saturated rings. The number of benzene rings is 1. The van der Waals surface area contributed by atoms with Crippen LogP contribution in [0.2, 0.25) is 0 Å². The van der Waals surface area contributed by atoms with E-state index in [1.54, 1.807) is 18.2 Å². The molecule has 0 saturated heterocycles. The molecule has 0 amide bonds. The van der Waals surface area contributed by atoms with E-state index in [0.29, 0.717) is 10.8 Å². The van der Waals surface area contributed by atoms with E-state index in [1.807, 2.05) is 6.07 Å². The summed E-state index contributed by atoms with van der Waals surface area (Å²) in [5.41, 5.74) is 1.93. The molecule has 1 atom stereocenters. The summed E-state index contributed by atoms with van der Waals surface area (Å²) in [6.07, 6.45) is 2.03. The van der Waals surface area contributed by atoms with Gasteiger partial charge in [0.25, 0.3) is 0 Å². The molecule has 18 heavy (non-hydrogen) atoms. The van der Waals surface area contributed by atoms with E-state index >= 15 is 0 Å². The van der Waals surface area contributed by atoms with Gasteiger partial charge in [-0.25, -0.2) is 13.1 Å². The largest absolute Gasteiger partial charge is 0.289 e. The molecule has 1 heterocycles. The Kier molecular flexibility index (Phi) is 3.82. The number of aliphatic imine (C=N–C) groups is 1. The van der Waals surface area contributed by atoms with Gasteiger partial charge in [-0.2, -0.15) is 0 Å². The zero-order chi connectivity index (χ0) is 13.2. The van der Waals surface area contributed by atoms with Crippen molar-refractivity contribution >= 4 is 15.7 Å². The van der Waals surface area contributed by atoms with Gasteiger partial charge in [0.1, 0.15) is 0 Å². The summed E-state index contributed by atoms with van der Waals surface area (Å²) in [6, 6.07) is 6.98. The van der Waals surface area contributed by atoms with Gasteiger partial charge in [0.05, 0.1) is 4.90 Å². The number of hydrogen-bond donors (Lipinski definition) is 1. The maximum Gasteiger partial charge on any atom is 0.240 e. The first kappa shape index (κ1) is 13.2. The van der Waals surface area contributed by atoms with Crippen LogP contribution < -0.4 is 4.72 Å². The van der Waals surface area contributed by atoms with Crippen molar-refractivity contribution in [3.05, 3.63) is 29.8 Å². The van der Waals surface area contributed by atoms with Crippen LogP contribution in [0, 0.1) is 5.92 Å². The molecule has 0 spiro atoms. The van der Waals surface area contributed by atoms with Crippen molar-refractivity contribution in [2.24, 2.45) is 10.9 Å². The zero-order valence-corrected chi connectivity index (χ0v) is 11.5. The SMILES string of the molecule is CNS(=O)(=O)c1cccc(C2=NCC(C)CC2)c1. The average molecular weight is 266 g/mol. The van der Waals surface area contributed by atoms with Gasteiger partial charge >= 0.3 is 0 Å². The average Bonchev–Trinajstić information content (AvgIpc) is 2.40. The third-order valence-corrected chi connectivity index (χ3v) is 4.63. The van der Waals surface area contributed by atoms with Gasteiger partial charge in [-0.15, -0.1) is 0 Å². The molecule has 0 aliphatic carbocycles. The lowest BCUT2D eigenvalue weighted by Gasteiger charge is -2.17. The zero-order valence-electron chi connectivity index (χ0n) is 10.7. The van der Waals surface area contributed by atoms with Gasteiger partial charge in [0.2, 0.25) is 10.0 Å². The van der Waals surface area contributed by atoms with E-state index in [9.17, 15) is 8.42 Å². The van der Waals surface area contributed by atoms with Gasteiger partial charge in [-0.05, 0) is 43.5 Å². The van der Waals surface area contributed by atoms with Gasteiger partial charge in [0, 0.05) is 12.3 Å². The molecule has 1 aromatic carbocycles. The maximum atomic E-state index is 11.7. The minimum absolute atomic E-state index is 0.295. The highest BCUT2D eigenvalue weighted by atomic mass is 32.2. The van der Waals surface area contributed by atoms with Crippen molar-refractivity contribution in [2.75, 3.05) is 13.6 Å². The molecular formula is C13H18N2O2S. The van der Waals surface area contributed by atoms with E-state index in [2.05, 4.69) is 16.6 Å². The smallest absolute Gasteiger partial charge is 0.240 e. The Morgan fingerprint density at radius 2 is 2.17 bits per heavy atom. The Morgan fingerprint density at radius 3 is 2.78 bits per heavy atom. The van der Waals surface area contributed by atoms with Crippen LogP contribution in [-0.4, -0.2) is 27.7 Å². The lowest BCUT2D eigenvalue weighted by Crippen LogP contribution is -2.19. The number of hydrogen-bond acceptors (Lipinski definition) is 3. The predicted octanol–water partition coefficient (Wildman–Crippen LogP) is 1.81. The number of sulfonamides is 1. The lowest BCUT2D eigenvalue weighted by molar-refractivity contribution is 0.538. The Balaban J connectivity index is 2.34. The normalized spacial score (nSPS) is 20.6. The minimum atomic E-state index is -3.38. The second-order valence-electron chi connectivity index (χ2n) is 4.67. The fourth-order valence-corrected chi connectivity index (χ4v) is 2.79. The van der Waals surface area contributed by atoms with Crippen LogP contribution in [-0.2, 0) is 10.0 Å². The molecule has 1 unspecified atom stereocenters. The number of nitrogens with one attached hydrogen (secondary N) is 1. The summed E-state index contributed by atoms with van der Waals surface area (Å²) < 4.78 is 25.8. The molecule has 98 valence electrons. The summed E-state index contributed by atoms with van der Waals surface area (Å²) in [5, 5.41) is 0. The van der Waals surface area contributed by atoms with Crippen LogP contribution >= 0.6 is 0 Å². The minimum Gasteiger partial charge on any atom is -0.289 e. The van der Waals surface area contributed by atoms with Gasteiger partial charge in [-0.3, -0.25) is 4.99 Å². The fourth-order valence-electron chi connectivity index (χ4n) is 2.02. The molecule has 0 aromatic heterocycles. The first-order valence-corrected chi connectivity index (χ1v) is 7.58. The molecule has 0 radical (unpaired) electrons. The fraction of sp³-hybridized carbons (Fsp3) is 0.462. The second-order valence-corrected chi connectivity index (χ2v) is 6.55. The van der Waals surface area contributed by atoms with E-state index in [4.69, 9.17) is 0 Å². The Labute approximate surface area is 108 Å². The van der Waals surface area contributed by atoms with Crippen LogP contribution in [0.3, 0.4) is 0 Å². The van der Waals surface area contributed by atoms with E-state index in [1.165, 1.54) is 7.05 Å². The van der Waals surface area contributed by atoms with Gasteiger partial charge in [0.15, 0.2) is 0 Å². The van der Waals surface area contributed by atoms with Crippen molar-refractivity contribution < 1.29 is 8.42 Å². The van der Waals surface area contributed by atoms with Crippen LogP contribution in [0.5, 0.6) is 0 Å². The Morgan fingerprint density at radius 1 is 1.39 bits per heavy atom. The third kappa shape index (κ3) is 2.79. The highest BCUT2D eigenvalue weighted by Crippen LogP contribution is 2.19.